The lowest BCUT2D eigenvalue weighted by Gasteiger charge is -2.37. The summed E-state index contributed by atoms with van der Waals surface area (Å²) in [4.78, 5) is 11.0. The Balaban J connectivity index is 1.64. The predicted octanol–water partition coefficient (Wildman–Crippen LogP) is 3.18. The van der Waals surface area contributed by atoms with Gasteiger partial charge in [-0.15, -0.1) is 0 Å². The van der Waals surface area contributed by atoms with Crippen LogP contribution < -0.4 is 4.74 Å². The number of carboxylic acid groups (broad SMARTS) is 1. The van der Waals surface area contributed by atoms with E-state index in [1.807, 2.05) is 6.07 Å². The van der Waals surface area contributed by atoms with E-state index in [-0.39, 0.29) is 11.6 Å². The van der Waals surface area contributed by atoms with Crippen LogP contribution in [0.1, 0.15) is 42.2 Å². The van der Waals surface area contributed by atoms with Crippen LogP contribution in [0.2, 0.25) is 0 Å². The molecular formula is C17H16FN3O3. The molecule has 0 radical (unpaired) electrons. The van der Waals surface area contributed by atoms with Crippen LogP contribution in [-0.4, -0.2) is 32.2 Å². The van der Waals surface area contributed by atoms with E-state index >= 15 is 0 Å². The zero-order valence-corrected chi connectivity index (χ0v) is 13.0. The number of nitrogens with one attached hydrogen (secondary N) is 1. The number of aromatic nitrogens is 3. The zero-order valence-electron chi connectivity index (χ0n) is 13.0. The predicted molar refractivity (Wildman–Crippen MR) is 83.6 cm³/mol. The topological polar surface area (TPSA) is 88.1 Å². The minimum absolute atomic E-state index is 0.107. The van der Waals surface area contributed by atoms with Crippen LogP contribution in [0.3, 0.4) is 0 Å². The molecule has 24 heavy (non-hydrogen) atoms. The van der Waals surface area contributed by atoms with Crippen molar-refractivity contribution in [3.8, 4) is 23.5 Å². The van der Waals surface area contributed by atoms with Gasteiger partial charge in [0.05, 0.1) is 0 Å². The van der Waals surface area contributed by atoms with E-state index in [0.29, 0.717) is 30.9 Å². The first-order valence-electron chi connectivity index (χ1n) is 7.53. The molecule has 1 saturated carbocycles. The van der Waals surface area contributed by atoms with Gasteiger partial charge in [0.25, 0.3) is 5.88 Å². The van der Waals surface area contributed by atoms with Gasteiger partial charge >= 0.3 is 5.97 Å². The van der Waals surface area contributed by atoms with Crippen molar-refractivity contribution in [1.29, 1.82) is 0 Å². The van der Waals surface area contributed by atoms with Crippen molar-refractivity contribution >= 4 is 5.97 Å². The molecule has 6 nitrogen and oxygen atoms in total. The molecule has 1 heterocycles. The monoisotopic (exact) mass is 329 g/mol. The highest BCUT2D eigenvalue weighted by molar-refractivity contribution is 5.87. The first-order valence-corrected chi connectivity index (χ1v) is 7.53. The number of alkyl halides is 1. The number of benzene rings is 1. The Morgan fingerprint density at radius 2 is 2.33 bits per heavy atom. The molecule has 0 atom stereocenters. The third kappa shape index (κ3) is 3.71. The number of ether oxygens (including phenoxy) is 1. The Morgan fingerprint density at radius 1 is 1.54 bits per heavy atom. The van der Waals surface area contributed by atoms with Crippen molar-refractivity contribution in [2.24, 2.45) is 5.92 Å². The maximum atomic E-state index is 13.4. The average molecular weight is 329 g/mol. The molecule has 1 aliphatic rings. The highest BCUT2D eigenvalue weighted by Gasteiger charge is 2.39. The van der Waals surface area contributed by atoms with Gasteiger partial charge in [0.15, 0.2) is 0 Å². The third-order valence-corrected chi connectivity index (χ3v) is 3.83. The highest BCUT2D eigenvalue weighted by atomic mass is 19.1. The molecule has 0 aliphatic heterocycles. The second kappa shape index (κ2) is 6.32. The standard InChI is InChI=1S/C17H16FN3O3/c1-17(18)9-12(10-17)6-2-4-11-5-3-7-13(8-11)24-15-14(16(22)23)19-21-20-15/h3,5,7-8,12H,6,9-10H2,1H3,(H,22,23)(H,19,20,21). The molecule has 1 fully saturated rings. The van der Waals surface area contributed by atoms with Crippen molar-refractivity contribution < 1.29 is 19.0 Å². The fourth-order valence-corrected chi connectivity index (χ4v) is 2.76. The van der Waals surface area contributed by atoms with Crippen LogP contribution in [0.15, 0.2) is 24.3 Å². The SMILES string of the molecule is CC1(F)CC(CC#Cc2cccc(Oc3nn[nH]c3C(=O)O)c2)C1. The van der Waals surface area contributed by atoms with Crippen LogP contribution in [0.4, 0.5) is 4.39 Å². The van der Waals surface area contributed by atoms with Crippen molar-refractivity contribution in [1.82, 2.24) is 15.4 Å². The summed E-state index contributed by atoms with van der Waals surface area (Å²) in [5, 5.41) is 18.3. The molecule has 7 heteroatoms. The lowest BCUT2D eigenvalue weighted by Crippen LogP contribution is -2.36. The van der Waals surface area contributed by atoms with Crippen molar-refractivity contribution in [3.63, 3.8) is 0 Å². The molecule has 3 rings (SSSR count). The first-order chi connectivity index (χ1) is 11.4. The maximum absolute atomic E-state index is 13.4. The van der Waals surface area contributed by atoms with E-state index in [1.54, 1.807) is 25.1 Å². The normalized spacial score (nSPS) is 22.2. The van der Waals surface area contributed by atoms with Gasteiger partial charge in [0, 0.05) is 12.0 Å². The molecule has 1 aromatic heterocycles. The largest absolute Gasteiger partial charge is 0.476 e. The van der Waals surface area contributed by atoms with Gasteiger partial charge in [-0.1, -0.05) is 28.2 Å². The van der Waals surface area contributed by atoms with Gasteiger partial charge in [-0.2, -0.15) is 0 Å². The molecule has 0 amide bonds. The number of hydrogen-bond acceptors (Lipinski definition) is 4. The van der Waals surface area contributed by atoms with E-state index < -0.39 is 11.6 Å². The smallest absolute Gasteiger partial charge is 0.359 e. The highest BCUT2D eigenvalue weighted by Crippen LogP contribution is 2.42. The van der Waals surface area contributed by atoms with Gasteiger partial charge < -0.3 is 9.84 Å². The number of nitrogens with zero attached hydrogens (tertiary/aromatic N) is 2. The Kier molecular flexibility index (Phi) is 4.21. The molecular weight excluding hydrogens is 313 g/mol. The van der Waals surface area contributed by atoms with Crippen molar-refractivity contribution in [2.75, 3.05) is 0 Å². The van der Waals surface area contributed by atoms with Gasteiger partial charge in [0.2, 0.25) is 5.69 Å². The van der Waals surface area contributed by atoms with E-state index in [9.17, 15) is 9.18 Å². The minimum Gasteiger partial charge on any atom is -0.476 e. The van der Waals surface area contributed by atoms with E-state index in [0.717, 1.165) is 5.56 Å². The molecule has 1 aliphatic carbocycles. The Hall–Kier alpha value is -2.88. The van der Waals surface area contributed by atoms with Gasteiger partial charge in [-0.05, 0) is 43.9 Å². The molecule has 2 N–H and O–H groups in total. The Bertz CT molecular complexity index is 812. The maximum Gasteiger partial charge on any atom is 0.359 e. The number of aromatic carboxylic acids is 1. The van der Waals surface area contributed by atoms with Crippen molar-refractivity contribution in [2.45, 2.75) is 31.9 Å². The van der Waals surface area contributed by atoms with Crippen LogP contribution in [0, 0.1) is 17.8 Å². The molecule has 124 valence electrons. The van der Waals surface area contributed by atoms with Crippen molar-refractivity contribution in [3.05, 3.63) is 35.5 Å². The van der Waals surface area contributed by atoms with Crippen LogP contribution >= 0.6 is 0 Å². The van der Waals surface area contributed by atoms with E-state index in [4.69, 9.17) is 9.84 Å². The molecule has 0 unspecified atom stereocenters. The van der Waals surface area contributed by atoms with Crippen LogP contribution in [0.25, 0.3) is 0 Å². The quantitative estimate of drug-likeness (QED) is 0.841. The number of H-pyrrole nitrogens is 1. The van der Waals surface area contributed by atoms with E-state index in [1.165, 1.54) is 0 Å². The lowest BCUT2D eigenvalue weighted by molar-refractivity contribution is 0.0280. The van der Waals surface area contributed by atoms with Gasteiger partial charge in [-0.3, -0.25) is 0 Å². The molecule has 2 aromatic rings. The minimum atomic E-state index is -1.20. The number of carboxylic acids is 1. The summed E-state index contributed by atoms with van der Waals surface area (Å²) in [6.45, 7) is 1.62. The van der Waals surface area contributed by atoms with Gasteiger partial charge in [0.1, 0.15) is 11.4 Å². The summed E-state index contributed by atoms with van der Waals surface area (Å²) in [6.07, 6.45) is 1.79. The number of rotatable bonds is 4. The van der Waals surface area contributed by atoms with Crippen LogP contribution in [-0.2, 0) is 0 Å². The summed E-state index contributed by atoms with van der Waals surface area (Å²) in [5.74, 6) is 5.50. The second-order valence-corrected chi connectivity index (χ2v) is 6.12. The van der Waals surface area contributed by atoms with E-state index in [2.05, 4.69) is 27.3 Å². The Morgan fingerprint density at radius 3 is 3.04 bits per heavy atom. The zero-order chi connectivity index (χ0) is 17.2. The number of aromatic amines is 1. The molecule has 0 saturated heterocycles. The first kappa shape index (κ1) is 16.0. The fourth-order valence-electron chi connectivity index (χ4n) is 2.76. The third-order valence-electron chi connectivity index (χ3n) is 3.83. The number of hydrogen-bond donors (Lipinski definition) is 2. The lowest BCUT2D eigenvalue weighted by atomic mass is 9.72. The summed E-state index contributed by atoms with van der Waals surface area (Å²) >= 11 is 0. The summed E-state index contributed by atoms with van der Waals surface area (Å²) in [5.41, 5.74) is -0.513. The second-order valence-electron chi connectivity index (χ2n) is 6.12. The van der Waals surface area contributed by atoms with Gasteiger partial charge in [-0.25, -0.2) is 14.3 Å². The Labute approximate surface area is 138 Å². The average Bonchev–Trinajstić information content (AvgIpc) is 2.94. The molecule has 1 aromatic carbocycles. The fraction of sp³-hybridized carbons (Fsp3) is 0.353. The molecule has 0 spiro atoms. The number of halogens is 1. The summed E-state index contributed by atoms with van der Waals surface area (Å²) in [6, 6.07) is 6.93. The molecule has 0 bridgehead atoms. The van der Waals surface area contributed by atoms with Crippen LogP contribution in [0.5, 0.6) is 11.6 Å². The summed E-state index contributed by atoms with van der Waals surface area (Å²) in [7, 11) is 0. The number of carbonyl (C=O) groups is 1. The summed E-state index contributed by atoms with van der Waals surface area (Å²) < 4.78 is 18.8.